The Hall–Kier alpha value is -0.650. The van der Waals surface area contributed by atoms with Crippen molar-refractivity contribution in [3.8, 4) is 0 Å². The van der Waals surface area contributed by atoms with Crippen LogP contribution in [0.15, 0.2) is 27.6 Å². The van der Waals surface area contributed by atoms with E-state index >= 15 is 0 Å². The van der Waals surface area contributed by atoms with Gasteiger partial charge in [-0.25, -0.2) is 4.98 Å². The molecule has 0 fully saturated rings. The minimum absolute atomic E-state index is 0.476. The fraction of sp³-hybridized carbons (Fsp3) is 0.417. The van der Waals surface area contributed by atoms with E-state index in [2.05, 4.69) is 32.4 Å². The topological polar surface area (TPSA) is 38.0 Å². The van der Waals surface area contributed by atoms with E-state index in [0.717, 1.165) is 28.1 Å². The first kappa shape index (κ1) is 12.8. The standard InChI is InChI=1S/C12H15BrN2OS/c1-2-4-15-5-3-14-12(15)7-10(16)9-6-11(13)17-8-9/h3,5-6,8,10,16H,2,4,7H2,1H3. The third kappa shape index (κ3) is 3.18. The maximum Gasteiger partial charge on any atom is 0.111 e. The summed E-state index contributed by atoms with van der Waals surface area (Å²) in [5, 5.41) is 12.1. The number of rotatable bonds is 5. The predicted octanol–water partition coefficient (Wildman–Crippen LogP) is 3.39. The fourth-order valence-electron chi connectivity index (χ4n) is 1.76. The van der Waals surface area contributed by atoms with Gasteiger partial charge in [-0.1, -0.05) is 6.92 Å². The van der Waals surface area contributed by atoms with E-state index in [4.69, 9.17) is 0 Å². The van der Waals surface area contributed by atoms with Crippen molar-refractivity contribution in [2.24, 2.45) is 0 Å². The van der Waals surface area contributed by atoms with E-state index in [0.29, 0.717) is 6.42 Å². The van der Waals surface area contributed by atoms with Crippen LogP contribution in [0.3, 0.4) is 0 Å². The summed E-state index contributed by atoms with van der Waals surface area (Å²) in [6.07, 6.45) is 4.92. The Labute approximate surface area is 113 Å². The van der Waals surface area contributed by atoms with Crippen molar-refractivity contribution in [1.29, 1.82) is 0 Å². The second kappa shape index (κ2) is 5.80. The van der Waals surface area contributed by atoms with Gasteiger partial charge in [-0.3, -0.25) is 0 Å². The van der Waals surface area contributed by atoms with Gasteiger partial charge in [0.25, 0.3) is 0 Å². The van der Waals surface area contributed by atoms with Crippen molar-refractivity contribution in [1.82, 2.24) is 9.55 Å². The molecule has 1 unspecified atom stereocenters. The number of nitrogens with zero attached hydrogens (tertiary/aromatic N) is 2. The Bertz CT molecular complexity index is 480. The lowest BCUT2D eigenvalue weighted by molar-refractivity contribution is 0.175. The number of hydrogen-bond acceptors (Lipinski definition) is 3. The highest BCUT2D eigenvalue weighted by Crippen LogP contribution is 2.27. The van der Waals surface area contributed by atoms with E-state index in [1.807, 2.05) is 17.6 Å². The number of aliphatic hydroxyl groups is 1. The Morgan fingerprint density at radius 2 is 2.41 bits per heavy atom. The van der Waals surface area contributed by atoms with Gasteiger partial charge in [-0.2, -0.15) is 0 Å². The maximum absolute atomic E-state index is 10.1. The first-order chi connectivity index (χ1) is 8.20. The van der Waals surface area contributed by atoms with E-state index in [1.54, 1.807) is 17.5 Å². The molecule has 0 amide bonds. The van der Waals surface area contributed by atoms with Crippen molar-refractivity contribution < 1.29 is 5.11 Å². The van der Waals surface area contributed by atoms with Gasteiger partial charge in [0, 0.05) is 25.4 Å². The Morgan fingerprint density at radius 1 is 1.59 bits per heavy atom. The molecule has 0 saturated carbocycles. The van der Waals surface area contributed by atoms with Gasteiger partial charge in [-0.05, 0) is 39.4 Å². The second-order valence-electron chi connectivity index (χ2n) is 3.94. The smallest absolute Gasteiger partial charge is 0.111 e. The maximum atomic E-state index is 10.1. The summed E-state index contributed by atoms with van der Waals surface area (Å²) in [5.41, 5.74) is 0.952. The minimum atomic E-state index is -0.476. The summed E-state index contributed by atoms with van der Waals surface area (Å²) >= 11 is 4.99. The molecule has 1 N–H and O–H groups in total. The van der Waals surface area contributed by atoms with Gasteiger partial charge in [0.2, 0.25) is 0 Å². The number of hydrogen-bond donors (Lipinski definition) is 1. The van der Waals surface area contributed by atoms with Crippen LogP contribution in [0, 0.1) is 0 Å². The van der Waals surface area contributed by atoms with Crippen LogP contribution < -0.4 is 0 Å². The van der Waals surface area contributed by atoms with Crippen molar-refractivity contribution in [3.05, 3.63) is 39.0 Å². The molecule has 2 heterocycles. The Balaban J connectivity index is 2.07. The molecular weight excluding hydrogens is 300 g/mol. The van der Waals surface area contributed by atoms with Crippen LogP contribution in [0.4, 0.5) is 0 Å². The lowest BCUT2D eigenvalue weighted by Gasteiger charge is -2.10. The SMILES string of the molecule is CCCn1ccnc1CC(O)c1csc(Br)c1. The predicted molar refractivity (Wildman–Crippen MR) is 73.2 cm³/mol. The summed E-state index contributed by atoms with van der Waals surface area (Å²) in [6, 6.07) is 1.96. The molecule has 0 aliphatic carbocycles. The number of aromatic nitrogens is 2. The van der Waals surface area contributed by atoms with E-state index in [9.17, 15) is 5.11 Å². The molecule has 2 aromatic heterocycles. The molecule has 2 rings (SSSR count). The molecule has 0 saturated heterocycles. The van der Waals surface area contributed by atoms with Crippen LogP contribution in [-0.4, -0.2) is 14.7 Å². The summed E-state index contributed by atoms with van der Waals surface area (Å²) < 4.78 is 3.15. The van der Waals surface area contributed by atoms with E-state index in [1.165, 1.54) is 0 Å². The van der Waals surface area contributed by atoms with Crippen molar-refractivity contribution in [2.45, 2.75) is 32.4 Å². The summed E-state index contributed by atoms with van der Waals surface area (Å²) in [4.78, 5) is 4.30. The number of aryl methyl sites for hydroxylation is 1. The number of imidazole rings is 1. The zero-order valence-electron chi connectivity index (χ0n) is 9.64. The first-order valence-corrected chi connectivity index (χ1v) is 7.30. The highest BCUT2D eigenvalue weighted by molar-refractivity contribution is 9.11. The number of aliphatic hydroxyl groups excluding tert-OH is 1. The normalized spacial score (nSPS) is 12.9. The van der Waals surface area contributed by atoms with Gasteiger partial charge in [0.1, 0.15) is 5.82 Å². The quantitative estimate of drug-likeness (QED) is 0.918. The first-order valence-electron chi connectivity index (χ1n) is 5.62. The van der Waals surface area contributed by atoms with Gasteiger partial charge >= 0.3 is 0 Å². The Kier molecular flexibility index (Phi) is 4.36. The molecule has 2 aromatic rings. The molecule has 0 radical (unpaired) electrons. The molecule has 0 aliphatic heterocycles. The summed E-state index contributed by atoms with van der Waals surface area (Å²) in [7, 11) is 0. The minimum Gasteiger partial charge on any atom is -0.388 e. The number of thiophene rings is 1. The van der Waals surface area contributed by atoms with Gasteiger partial charge in [-0.15, -0.1) is 11.3 Å². The molecule has 5 heteroatoms. The zero-order chi connectivity index (χ0) is 12.3. The monoisotopic (exact) mass is 314 g/mol. The average Bonchev–Trinajstić information content (AvgIpc) is 2.89. The van der Waals surface area contributed by atoms with Gasteiger partial charge in [0.15, 0.2) is 0 Å². The molecule has 0 aliphatic rings. The molecule has 3 nitrogen and oxygen atoms in total. The lowest BCUT2D eigenvalue weighted by Crippen LogP contribution is -2.08. The van der Waals surface area contributed by atoms with Gasteiger partial charge < -0.3 is 9.67 Å². The van der Waals surface area contributed by atoms with Crippen LogP contribution in [0.5, 0.6) is 0 Å². The number of halogens is 1. The second-order valence-corrected chi connectivity index (χ2v) is 6.23. The molecular formula is C12H15BrN2OS. The summed E-state index contributed by atoms with van der Waals surface area (Å²) in [5.74, 6) is 0.946. The van der Waals surface area contributed by atoms with Crippen molar-refractivity contribution in [2.75, 3.05) is 0 Å². The molecule has 1 atom stereocenters. The Morgan fingerprint density at radius 3 is 3.06 bits per heavy atom. The highest BCUT2D eigenvalue weighted by atomic mass is 79.9. The molecule has 0 bridgehead atoms. The average molecular weight is 315 g/mol. The largest absolute Gasteiger partial charge is 0.388 e. The molecule has 17 heavy (non-hydrogen) atoms. The molecule has 0 spiro atoms. The molecule has 92 valence electrons. The summed E-state index contributed by atoms with van der Waals surface area (Å²) in [6.45, 7) is 3.09. The molecule has 0 aromatic carbocycles. The van der Waals surface area contributed by atoms with Crippen molar-refractivity contribution >= 4 is 27.3 Å². The zero-order valence-corrected chi connectivity index (χ0v) is 12.0. The lowest BCUT2D eigenvalue weighted by atomic mass is 10.1. The highest BCUT2D eigenvalue weighted by Gasteiger charge is 2.13. The van der Waals surface area contributed by atoms with Crippen LogP contribution in [0.25, 0.3) is 0 Å². The van der Waals surface area contributed by atoms with Crippen LogP contribution >= 0.6 is 27.3 Å². The van der Waals surface area contributed by atoms with Crippen LogP contribution in [0.1, 0.15) is 30.8 Å². The van der Waals surface area contributed by atoms with E-state index < -0.39 is 6.10 Å². The van der Waals surface area contributed by atoms with Crippen molar-refractivity contribution in [3.63, 3.8) is 0 Å². The van der Waals surface area contributed by atoms with E-state index in [-0.39, 0.29) is 0 Å². The third-order valence-corrected chi connectivity index (χ3v) is 4.14. The third-order valence-electron chi connectivity index (χ3n) is 2.61. The fourth-order valence-corrected chi connectivity index (χ4v) is 2.99. The van der Waals surface area contributed by atoms with Crippen LogP contribution in [0.2, 0.25) is 0 Å². The van der Waals surface area contributed by atoms with Crippen LogP contribution in [-0.2, 0) is 13.0 Å². The van der Waals surface area contributed by atoms with Gasteiger partial charge in [0.05, 0.1) is 9.89 Å².